The van der Waals surface area contributed by atoms with E-state index >= 15 is 0 Å². The van der Waals surface area contributed by atoms with Gasteiger partial charge < -0.3 is 15.0 Å². The molecule has 0 aliphatic heterocycles. The Bertz CT molecular complexity index is 356. The molecule has 0 saturated heterocycles. The third kappa shape index (κ3) is 4.06. The Morgan fingerprint density at radius 1 is 1.50 bits per heavy atom. The van der Waals surface area contributed by atoms with Crippen LogP contribution >= 0.6 is 0 Å². The van der Waals surface area contributed by atoms with Gasteiger partial charge in [-0.3, -0.25) is 4.79 Å². The summed E-state index contributed by atoms with van der Waals surface area (Å²) >= 11 is 0. The van der Waals surface area contributed by atoms with Crippen molar-refractivity contribution >= 4 is 5.97 Å². The number of carbonyl (C=O) groups is 1. The molecule has 16 heavy (non-hydrogen) atoms. The number of aromatic nitrogens is 1. The Kier molecular flexibility index (Phi) is 4.55. The maximum absolute atomic E-state index is 11.3. The molecule has 0 fully saturated rings. The van der Waals surface area contributed by atoms with Gasteiger partial charge in [-0.05, 0) is 19.9 Å². The van der Waals surface area contributed by atoms with E-state index in [4.69, 9.17) is 4.74 Å². The summed E-state index contributed by atoms with van der Waals surface area (Å²) < 4.78 is 5.15. The van der Waals surface area contributed by atoms with Gasteiger partial charge in [-0.1, -0.05) is 13.8 Å². The maximum Gasteiger partial charge on any atom is 0.320 e. The van der Waals surface area contributed by atoms with Crippen molar-refractivity contribution in [2.75, 3.05) is 6.54 Å². The van der Waals surface area contributed by atoms with Gasteiger partial charge in [0.15, 0.2) is 0 Å². The van der Waals surface area contributed by atoms with E-state index in [-0.39, 0.29) is 12.5 Å². The highest BCUT2D eigenvalue weighted by atomic mass is 16.5. The zero-order chi connectivity index (χ0) is 12.1. The molecule has 0 aliphatic carbocycles. The fourth-order valence-electron chi connectivity index (χ4n) is 1.43. The first kappa shape index (κ1) is 12.8. The number of aromatic amines is 1. The summed E-state index contributed by atoms with van der Waals surface area (Å²) in [6.45, 7) is 8.55. The molecular formula is C12H20N2O2. The van der Waals surface area contributed by atoms with Gasteiger partial charge >= 0.3 is 5.97 Å². The lowest BCUT2D eigenvalue weighted by molar-refractivity contribution is -0.143. The van der Waals surface area contributed by atoms with Gasteiger partial charge in [-0.2, -0.15) is 0 Å². The molecule has 0 aromatic carbocycles. The van der Waals surface area contributed by atoms with E-state index in [9.17, 15) is 4.79 Å². The number of nitrogens with one attached hydrogen (secondary N) is 2. The second-order valence-electron chi connectivity index (χ2n) is 4.30. The number of ether oxygens (including phenoxy) is 1. The van der Waals surface area contributed by atoms with Gasteiger partial charge in [0, 0.05) is 23.0 Å². The van der Waals surface area contributed by atoms with E-state index < -0.39 is 0 Å². The smallest absolute Gasteiger partial charge is 0.320 e. The molecule has 1 aromatic rings. The van der Waals surface area contributed by atoms with Crippen LogP contribution in [-0.2, 0) is 16.1 Å². The topological polar surface area (TPSA) is 54.1 Å². The predicted octanol–water partition coefficient (Wildman–Crippen LogP) is 1.67. The average Bonchev–Trinajstić information content (AvgIpc) is 2.51. The van der Waals surface area contributed by atoms with E-state index in [1.807, 2.05) is 33.8 Å². The number of rotatable bonds is 5. The summed E-state index contributed by atoms with van der Waals surface area (Å²) in [5.74, 6) is -0.216. The Hall–Kier alpha value is -1.29. The van der Waals surface area contributed by atoms with Gasteiger partial charge in [0.1, 0.15) is 6.61 Å². The zero-order valence-corrected chi connectivity index (χ0v) is 10.4. The van der Waals surface area contributed by atoms with Crippen LogP contribution in [0.15, 0.2) is 6.07 Å². The van der Waals surface area contributed by atoms with Crippen LogP contribution in [0, 0.1) is 13.8 Å². The van der Waals surface area contributed by atoms with Crippen LogP contribution in [0.5, 0.6) is 0 Å². The maximum atomic E-state index is 11.3. The Morgan fingerprint density at radius 2 is 2.19 bits per heavy atom. The number of aryl methyl sites for hydroxylation is 2. The normalized spacial score (nSPS) is 10.8. The van der Waals surface area contributed by atoms with Crippen LogP contribution in [0.4, 0.5) is 0 Å². The van der Waals surface area contributed by atoms with Gasteiger partial charge in [-0.25, -0.2) is 0 Å². The van der Waals surface area contributed by atoms with Crippen molar-refractivity contribution in [1.82, 2.24) is 10.3 Å². The van der Waals surface area contributed by atoms with Crippen molar-refractivity contribution in [3.63, 3.8) is 0 Å². The molecule has 0 aliphatic rings. The molecule has 0 radical (unpaired) electrons. The minimum atomic E-state index is -0.216. The summed E-state index contributed by atoms with van der Waals surface area (Å²) in [4.78, 5) is 14.5. The molecule has 0 bridgehead atoms. The third-order valence-electron chi connectivity index (χ3n) is 2.30. The Balaban J connectivity index is 2.34. The fourth-order valence-corrected chi connectivity index (χ4v) is 1.43. The van der Waals surface area contributed by atoms with E-state index in [0.717, 1.165) is 17.0 Å². The first-order valence-corrected chi connectivity index (χ1v) is 5.53. The largest absolute Gasteiger partial charge is 0.460 e. The number of hydrogen-bond donors (Lipinski definition) is 2. The molecule has 1 rings (SSSR count). The summed E-state index contributed by atoms with van der Waals surface area (Å²) in [5.41, 5.74) is 3.18. The summed E-state index contributed by atoms with van der Waals surface area (Å²) in [5, 5.41) is 3.02. The van der Waals surface area contributed by atoms with Crippen molar-refractivity contribution in [1.29, 1.82) is 0 Å². The van der Waals surface area contributed by atoms with Crippen molar-refractivity contribution in [3.05, 3.63) is 23.0 Å². The lowest BCUT2D eigenvalue weighted by atomic mass is 10.2. The summed E-state index contributed by atoms with van der Waals surface area (Å²) in [7, 11) is 0. The monoisotopic (exact) mass is 224 g/mol. The van der Waals surface area contributed by atoms with Gasteiger partial charge in [-0.15, -0.1) is 0 Å². The first-order valence-electron chi connectivity index (χ1n) is 5.53. The van der Waals surface area contributed by atoms with Crippen molar-refractivity contribution in [2.24, 2.45) is 0 Å². The highest BCUT2D eigenvalue weighted by Gasteiger charge is 2.07. The number of hydrogen-bond acceptors (Lipinski definition) is 3. The van der Waals surface area contributed by atoms with Gasteiger partial charge in [0.05, 0.1) is 6.54 Å². The third-order valence-corrected chi connectivity index (χ3v) is 2.30. The number of H-pyrrole nitrogens is 1. The highest BCUT2D eigenvalue weighted by Crippen LogP contribution is 2.10. The SMILES string of the molecule is Cc1cc(COC(=O)CNC(C)C)c(C)[nH]1. The fraction of sp³-hybridized carbons (Fsp3) is 0.583. The zero-order valence-electron chi connectivity index (χ0n) is 10.4. The average molecular weight is 224 g/mol. The predicted molar refractivity (Wildman–Crippen MR) is 63.2 cm³/mol. The minimum absolute atomic E-state index is 0.216. The van der Waals surface area contributed by atoms with Crippen LogP contribution in [0.2, 0.25) is 0 Å². The molecule has 0 unspecified atom stereocenters. The Labute approximate surface area is 96.4 Å². The van der Waals surface area contributed by atoms with E-state index in [1.54, 1.807) is 0 Å². The van der Waals surface area contributed by atoms with Crippen LogP contribution in [0.25, 0.3) is 0 Å². The molecule has 2 N–H and O–H groups in total. The Morgan fingerprint density at radius 3 is 2.69 bits per heavy atom. The molecule has 1 aromatic heterocycles. The van der Waals surface area contributed by atoms with Gasteiger partial charge in [0.2, 0.25) is 0 Å². The van der Waals surface area contributed by atoms with Crippen molar-refractivity contribution in [3.8, 4) is 0 Å². The summed E-state index contributed by atoms with van der Waals surface area (Å²) in [6, 6.07) is 2.29. The van der Waals surface area contributed by atoms with Gasteiger partial charge in [0.25, 0.3) is 0 Å². The standard InChI is InChI=1S/C12H20N2O2/c1-8(2)13-6-12(15)16-7-11-5-9(3)14-10(11)4/h5,8,13-14H,6-7H2,1-4H3. The van der Waals surface area contributed by atoms with Crippen molar-refractivity contribution in [2.45, 2.75) is 40.3 Å². The molecule has 4 nitrogen and oxygen atoms in total. The van der Waals surface area contributed by atoms with Crippen LogP contribution in [-0.4, -0.2) is 23.5 Å². The number of carbonyl (C=O) groups excluding carboxylic acids is 1. The second-order valence-corrected chi connectivity index (χ2v) is 4.30. The molecule has 0 atom stereocenters. The summed E-state index contributed by atoms with van der Waals surface area (Å²) in [6.07, 6.45) is 0. The molecule has 4 heteroatoms. The lowest BCUT2D eigenvalue weighted by Crippen LogP contribution is -2.30. The van der Waals surface area contributed by atoms with E-state index in [2.05, 4.69) is 10.3 Å². The number of esters is 1. The van der Waals surface area contributed by atoms with Crippen LogP contribution < -0.4 is 5.32 Å². The quantitative estimate of drug-likeness (QED) is 0.748. The lowest BCUT2D eigenvalue weighted by Gasteiger charge is -2.08. The van der Waals surface area contributed by atoms with E-state index in [1.165, 1.54) is 0 Å². The highest BCUT2D eigenvalue weighted by molar-refractivity contribution is 5.71. The van der Waals surface area contributed by atoms with Crippen LogP contribution in [0.3, 0.4) is 0 Å². The molecular weight excluding hydrogens is 204 g/mol. The second kappa shape index (κ2) is 5.70. The molecule has 0 amide bonds. The molecule has 1 heterocycles. The molecule has 0 saturated carbocycles. The first-order chi connectivity index (χ1) is 7.49. The van der Waals surface area contributed by atoms with Crippen LogP contribution in [0.1, 0.15) is 30.8 Å². The minimum Gasteiger partial charge on any atom is -0.460 e. The van der Waals surface area contributed by atoms with Crippen molar-refractivity contribution < 1.29 is 9.53 Å². The molecule has 0 spiro atoms. The van der Waals surface area contributed by atoms with E-state index in [0.29, 0.717) is 12.6 Å². The molecule has 90 valence electrons.